The Balaban J connectivity index is 2.16. The third-order valence-corrected chi connectivity index (χ3v) is 3.28. The summed E-state index contributed by atoms with van der Waals surface area (Å²) in [6, 6.07) is 9.87. The van der Waals surface area contributed by atoms with E-state index in [1.807, 2.05) is 31.2 Å². The second-order valence-corrected chi connectivity index (χ2v) is 5.28. The summed E-state index contributed by atoms with van der Waals surface area (Å²) in [5.41, 5.74) is 4.13. The topological polar surface area (TPSA) is 42.0 Å². The molecule has 2 rings (SSSR count). The lowest BCUT2D eigenvalue weighted by Crippen LogP contribution is -2.17. The molecule has 0 unspecified atom stereocenters. The SMILES string of the molecule is Cc1cccc(C(C)C)c1NC(=O)Cc1cccnc1. The van der Waals surface area contributed by atoms with Crippen LogP contribution in [0.3, 0.4) is 0 Å². The lowest BCUT2D eigenvalue weighted by atomic mass is 9.98. The summed E-state index contributed by atoms with van der Waals surface area (Å²) in [5, 5.41) is 3.04. The zero-order valence-corrected chi connectivity index (χ0v) is 12.2. The Hall–Kier alpha value is -2.16. The van der Waals surface area contributed by atoms with E-state index in [9.17, 15) is 4.79 Å². The van der Waals surface area contributed by atoms with E-state index < -0.39 is 0 Å². The van der Waals surface area contributed by atoms with Crippen molar-refractivity contribution in [1.29, 1.82) is 0 Å². The molecule has 3 nitrogen and oxygen atoms in total. The minimum absolute atomic E-state index is 0.00537. The summed E-state index contributed by atoms with van der Waals surface area (Å²) in [4.78, 5) is 16.2. The first-order chi connectivity index (χ1) is 9.58. The lowest BCUT2D eigenvalue weighted by molar-refractivity contribution is -0.115. The molecule has 0 bridgehead atoms. The summed E-state index contributed by atoms with van der Waals surface area (Å²) < 4.78 is 0. The molecule has 3 heteroatoms. The van der Waals surface area contributed by atoms with E-state index in [2.05, 4.69) is 30.2 Å². The average Bonchev–Trinajstić information content (AvgIpc) is 2.42. The fourth-order valence-electron chi connectivity index (χ4n) is 2.21. The Morgan fingerprint density at radius 1 is 1.25 bits per heavy atom. The highest BCUT2D eigenvalue weighted by Crippen LogP contribution is 2.27. The van der Waals surface area contributed by atoms with Crippen molar-refractivity contribution in [3.05, 3.63) is 59.4 Å². The van der Waals surface area contributed by atoms with Crippen molar-refractivity contribution >= 4 is 11.6 Å². The quantitative estimate of drug-likeness (QED) is 0.918. The summed E-state index contributed by atoms with van der Waals surface area (Å²) in [6.45, 7) is 6.28. The third kappa shape index (κ3) is 3.44. The fourth-order valence-corrected chi connectivity index (χ4v) is 2.21. The van der Waals surface area contributed by atoms with E-state index in [0.29, 0.717) is 12.3 Å². The summed E-state index contributed by atoms with van der Waals surface area (Å²) in [7, 11) is 0. The third-order valence-electron chi connectivity index (χ3n) is 3.28. The zero-order valence-electron chi connectivity index (χ0n) is 12.2. The molecule has 1 amide bonds. The molecular weight excluding hydrogens is 248 g/mol. The molecule has 1 heterocycles. The van der Waals surface area contributed by atoms with E-state index in [0.717, 1.165) is 16.8 Å². The van der Waals surface area contributed by atoms with Crippen LogP contribution >= 0.6 is 0 Å². The molecule has 1 aromatic heterocycles. The normalized spacial score (nSPS) is 10.6. The first-order valence-electron chi connectivity index (χ1n) is 6.86. The molecule has 20 heavy (non-hydrogen) atoms. The van der Waals surface area contributed by atoms with E-state index in [1.165, 1.54) is 5.56 Å². The Morgan fingerprint density at radius 3 is 2.70 bits per heavy atom. The van der Waals surface area contributed by atoms with Gasteiger partial charge in [0.2, 0.25) is 5.91 Å². The van der Waals surface area contributed by atoms with Crippen molar-refractivity contribution in [2.24, 2.45) is 0 Å². The maximum Gasteiger partial charge on any atom is 0.228 e. The zero-order chi connectivity index (χ0) is 14.5. The minimum atomic E-state index is -0.00537. The average molecular weight is 268 g/mol. The highest BCUT2D eigenvalue weighted by molar-refractivity contribution is 5.93. The lowest BCUT2D eigenvalue weighted by Gasteiger charge is -2.16. The van der Waals surface area contributed by atoms with E-state index >= 15 is 0 Å². The monoisotopic (exact) mass is 268 g/mol. The van der Waals surface area contributed by atoms with Gasteiger partial charge < -0.3 is 5.32 Å². The van der Waals surface area contributed by atoms with Crippen LogP contribution in [0.25, 0.3) is 0 Å². The molecule has 0 saturated carbocycles. The van der Waals surface area contributed by atoms with Crippen LogP contribution in [0.15, 0.2) is 42.7 Å². The first kappa shape index (κ1) is 14.3. The number of anilines is 1. The van der Waals surface area contributed by atoms with Crippen molar-refractivity contribution in [3.63, 3.8) is 0 Å². The Morgan fingerprint density at radius 2 is 2.05 bits per heavy atom. The van der Waals surface area contributed by atoms with Gasteiger partial charge in [-0.25, -0.2) is 0 Å². The van der Waals surface area contributed by atoms with Crippen molar-refractivity contribution in [1.82, 2.24) is 4.98 Å². The standard InChI is InChI=1S/C17H20N2O/c1-12(2)15-8-4-6-13(3)17(15)19-16(20)10-14-7-5-9-18-11-14/h4-9,11-12H,10H2,1-3H3,(H,19,20). The van der Waals surface area contributed by atoms with Gasteiger partial charge in [-0.3, -0.25) is 9.78 Å². The van der Waals surface area contributed by atoms with E-state index in [4.69, 9.17) is 0 Å². The molecular formula is C17H20N2O. The van der Waals surface area contributed by atoms with Crippen LogP contribution in [-0.4, -0.2) is 10.9 Å². The number of para-hydroxylation sites is 1. The van der Waals surface area contributed by atoms with Crippen molar-refractivity contribution in [2.75, 3.05) is 5.32 Å². The number of benzene rings is 1. The smallest absolute Gasteiger partial charge is 0.228 e. The number of carbonyl (C=O) groups is 1. The number of aromatic nitrogens is 1. The highest BCUT2D eigenvalue weighted by atomic mass is 16.1. The van der Waals surface area contributed by atoms with E-state index in [-0.39, 0.29) is 5.91 Å². The molecule has 0 spiro atoms. The Bertz CT molecular complexity index is 591. The van der Waals surface area contributed by atoms with Crippen LogP contribution in [0.5, 0.6) is 0 Å². The largest absolute Gasteiger partial charge is 0.325 e. The number of pyridine rings is 1. The van der Waals surface area contributed by atoms with Gasteiger partial charge >= 0.3 is 0 Å². The van der Waals surface area contributed by atoms with Gasteiger partial charge in [-0.1, -0.05) is 38.1 Å². The second-order valence-electron chi connectivity index (χ2n) is 5.28. The van der Waals surface area contributed by atoms with E-state index in [1.54, 1.807) is 12.4 Å². The predicted octanol–water partition coefficient (Wildman–Crippen LogP) is 3.69. The number of hydrogen-bond acceptors (Lipinski definition) is 2. The highest BCUT2D eigenvalue weighted by Gasteiger charge is 2.12. The van der Waals surface area contributed by atoms with Crippen molar-refractivity contribution in [3.8, 4) is 0 Å². The van der Waals surface area contributed by atoms with Crippen LogP contribution in [0.4, 0.5) is 5.69 Å². The summed E-state index contributed by atoms with van der Waals surface area (Å²) in [6.07, 6.45) is 3.78. The van der Waals surface area contributed by atoms with Gasteiger partial charge in [0, 0.05) is 18.1 Å². The molecule has 0 saturated heterocycles. The number of nitrogens with zero attached hydrogens (tertiary/aromatic N) is 1. The van der Waals surface area contributed by atoms with Gasteiger partial charge in [0.1, 0.15) is 0 Å². The molecule has 104 valence electrons. The summed E-state index contributed by atoms with van der Waals surface area (Å²) in [5.74, 6) is 0.373. The maximum absolute atomic E-state index is 12.2. The summed E-state index contributed by atoms with van der Waals surface area (Å²) >= 11 is 0. The number of hydrogen-bond donors (Lipinski definition) is 1. The van der Waals surface area contributed by atoms with Crippen molar-refractivity contribution in [2.45, 2.75) is 33.1 Å². The molecule has 1 N–H and O–H groups in total. The first-order valence-corrected chi connectivity index (χ1v) is 6.86. The maximum atomic E-state index is 12.2. The minimum Gasteiger partial charge on any atom is -0.325 e. The molecule has 0 atom stereocenters. The number of amides is 1. The van der Waals surface area contributed by atoms with Gasteiger partial charge in [0.25, 0.3) is 0 Å². The predicted molar refractivity (Wildman–Crippen MR) is 81.8 cm³/mol. The van der Waals surface area contributed by atoms with Crippen molar-refractivity contribution < 1.29 is 4.79 Å². The van der Waals surface area contributed by atoms with Crippen LogP contribution in [0.1, 0.15) is 36.5 Å². The number of rotatable bonds is 4. The van der Waals surface area contributed by atoms with Gasteiger partial charge in [0.05, 0.1) is 6.42 Å². The van der Waals surface area contributed by atoms with Gasteiger partial charge in [0.15, 0.2) is 0 Å². The molecule has 0 aliphatic carbocycles. The molecule has 0 aliphatic rings. The Kier molecular flexibility index (Phi) is 4.51. The molecule has 1 aromatic carbocycles. The number of nitrogens with one attached hydrogen (secondary N) is 1. The van der Waals surface area contributed by atoms with Crippen LogP contribution in [0, 0.1) is 6.92 Å². The van der Waals surface area contributed by atoms with Crippen LogP contribution < -0.4 is 5.32 Å². The molecule has 2 aromatic rings. The second kappa shape index (κ2) is 6.33. The van der Waals surface area contributed by atoms with Gasteiger partial charge in [-0.05, 0) is 35.6 Å². The fraction of sp³-hybridized carbons (Fsp3) is 0.294. The number of carbonyl (C=O) groups excluding carboxylic acids is 1. The van der Waals surface area contributed by atoms with Crippen LogP contribution in [0.2, 0.25) is 0 Å². The molecule has 0 aliphatic heterocycles. The van der Waals surface area contributed by atoms with Gasteiger partial charge in [-0.15, -0.1) is 0 Å². The Labute approximate surface area is 120 Å². The molecule has 0 radical (unpaired) electrons. The van der Waals surface area contributed by atoms with Gasteiger partial charge in [-0.2, -0.15) is 0 Å². The number of aryl methyl sites for hydroxylation is 1. The van der Waals surface area contributed by atoms with Crippen LogP contribution in [-0.2, 0) is 11.2 Å². The molecule has 0 fully saturated rings.